The number of hydrogen-bond acceptors (Lipinski definition) is 5. The van der Waals surface area contributed by atoms with Crippen molar-refractivity contribution in [1.82, 2.24) is 0 Å². The van der Waals surface area contributed by atoms with Crippen LogP contribution in [0, 0.1) is 0 Å². The first-order valence-electron chi connectivity index (χ1n) is 8.37. The summed E-state index contributed by atoms with van der Waals surface area (Å²) in [5.74, 6) is -0.314. The van der Waals surface area contributed by atoms with Crippen molar-refractivity contribution in [3.63, 3.8) is 0 Å². The number of rotatable bonds is 7. The Hall–Kier alpha value is -2.94. The van der Waals surface area contributed by atoms with Gasteiger partial charge < -0.3 is 14.6 Å². The number of anilines is 1. The van der Waals surface area contributed by atoms with Gasteiger partial charge in [0.15, 0.2) is 5.75 Å². The molecule has 0 aromatic heterocycles. The van der Waals surface area contributed by atoms with E-state index in [0.717, 1.165) is 0 Å². The van der Waals surface area contributed by atoms with Crippen LogP contribution in [0.25, 0.3) is 0 Å². The number of methoxy groups -OCH3 is 1. The quantitative estimate of drug-likeness (QED) is 0.489. The van der Waals surface area contributed by atoms with Crippen LogP contribution >= 0.6 is 23.2 Å². The summed E-state index contributed by atoms with van der Waals surface area (Å²) in [7, 11) is -2.56. The van der Waals surface area contributed by atoms with Crippen molar-refractivity contribution in [3.05, 3.63) is 76.3 Å². The van der Waals surface area contributed by atoms with Crippen molar-refractivity contribution in [2.24, 2.45) is 0 Å². The zero-order valence-corrected chi connectivity index (χ0v) is 17.8. The van der Waals surface area contributed by atoms with Gasteiger partial charge in [0.05, 0.1) is 28.3 Å². The summed E-state index contributed by atoms with van der Waals surface area (Å²) in [5.41, 5.74) is 0.101. The molecule has 0 spiro atoms. The number of carboxylic acids is 1. The summed E-state index contributed by atoms with van der Waals surface area (Å²) < 4.78 is 38.9. The molecule has 0 saturated carbocycles. The zero-order valence-electron chi connectivity index (χ0n) is 15.4. The van der Waals surface area contributed by atoms with Crippen LogP contribution in [0.5, 0.6) is 17.2 Å². The molecule has 0 aliphatic heterocycles. The highest BCUT2D eigenvalue weighted by Crippen LogP contribution is 2.38. The summed E-state index contributed by atoms with van der Waals surface area (Å²) in [6.07, 6.45) is 0. The van der Waals surface area contributed by atoms with Crippen molar-refractivity contribution < 1.29 is 27.8 Å². The molecule has 3 aromatic rings. The third kappa shape index (κ3) is 4.96. The fourth-order valence-electron chi connectivity index (χ4n) is 2.46. The van der Waals surface area contributed by atoms with E-state index in [9.17, 15) is 13.2 Å². The largest absolute Gasteiger partial charge is 0.497 e. The van der Waals surface area contributed by atoms with Crippen molar-refractivity contribution in [3.8, 4) is 17.2 Å². The summed E-state index contributed by atoms with van der Waals surface area (Å²) in [4.78, 5) is 10.9. The molecule has 0 saturated heterocycles. The highest BCUT2D eigenvalue weighted by atomic mass is 35.5. The smallest absolute Gasteiger partial charge is 0.335 e. The van der Waals surface area contributed by atoms with Crippen molar-refractivity contribution >= 4 is 44.9 Å². The summed E-state index contributed by atoms with van der Waals surface area (Å²) in [6.45, 7) is 0. The van der Waals surface area contributed by atoms with E-state index in [1.165, 1.54) is 49.6 Å². The predicted molar refractivity (Wildman–Crippen MR) is 114 cm³/mol. The molecule has 0 heterocycles. The van der Waals surface area contributed by atoms with Crippen LogP contribution in [0.4, 0.5) is 5.69 Å². The fraction of sp³-hybridized carbons (Fsp3) is 0.0500. The van der Waals surface area contributed by atoms with E-state index in [1.54, 1.807) is 18.2 Å². The lowest BCUT2D eigenvalue weighted by Crippen LogP contribution is -2.14. The van der Waals surface area contributed by atoms with Crippen LogP contribution < -0.4 is 14.2 Å². The van der Waals surface area contributed by atoms with Gasteiger partial charge in [0.2, 0.25) is 0 Å². The molecule has 3 rings (SSSR count). The Morgan fingerprint density at radius 2 is 1.67 bits per heavy atom. The van der Waals surface area contributed by atoms with Gasteiger partial charge in [0, 0.05) is 11.1 Å². The Bertz CT molecular complexity index is 1200. The second-order valence-corrected chi connectivity index (χ2v) is 8.50. The Morgan fingerprint density at radius 3 is 2.27 bits per heavy atom. The number of aromatic carboxylic acids is 1. The van der Waals surface area contributed by atoms with Gasteiger partial charge in [-0.15, -0.1) is 0 Å². The van der Waals surface area contributed by atoms with E-state index in [1.807, 2.05) is 0 Å². The van der Waals surface area contributed by atoms with Crippen molar-refractivity contribution in [1.29, 1.82) is 0 Å². The average Bonchev–Trinajstić information content (AvgIpc) is 2.71. The van der Waals surface area contributed by atoms with Crippen LogP contribution in [0.2, 0.25) is 10.0 Å². The van der Waals surface area contributed by atoms with Gasteiger partial charge in [0.25, 0.3) is 10.0 Å². The van der Waals surface area contributed by atoms with E-state index >= 15 is 0 Å². The van der Waals surface area contributed by atoms with Crippen LogP contribution in [-0.4, -0.2) is 26.6 Å². The molecule has 0 aliphatic rings. The maximum atomic E-state index is 12.8. The maximum absolute atomic E-state index is 12.8. The third-order valence-electron chi connectivity index (χ3n) is 3.96. The van der Waals surface area contributed by atoms with E-state index < -0.39 is 16.0 Å². The molecule has 0 radical (unpaired) electrons. The van der Waals surface area contributed by atoms with E-state index in [0.29, 0.717) is 10.8 Å². The number of sulfonamides is 1. The number of nitrogens with one attached hydrogen (secondary N) is 1. The van der Waals surface area contributed by atoms with Gasteiger partial charge in [-0.05, 0) is 54.6 Å². The van der Waals surface area contributed by atoms with Gasteiger partial charge in [-0.25, -0.2) is 13.2 Å². The molecule has 2 N–H and O–H groups in total. The van der Waals surface area contributed by atoms with Crippen molar-refractivity contribution in [2.45, 2.75) is 4.90 Å². The molecule has 0 unspecified atom stereocenters. The van der Waals surface area contributed by atoms with Crippen LogP contribution in [0.1, 0.15) is 10.4 Å². The molecule has 0 atom stereocenters. The van der Waals surface area contributed by atoms with E-state index in [-0.39, 0.29) is 32.7 Å². The molecule has 10 heteroatoms. The zero-order chi connectivity index (χ0) is 21.9. The molecule has 0 aliphatic carbocycles. The third-order valence-corrected chi connectivity index (χ3v) is 5.87. The SMILES string of the molecule is COc1ccc(NS(=O)(=O)c2ccc(C(=O)O)cc2)c(Oc2ccc(Cl)cc2Cl)c1. The molecule has 156 valence electrons. The number of hydrogen-bond donors (Lipinski definition) is 2. The highest BCUT2D eigenvalue weighted by molar-refractivity contribution is 7.92. The summed E-state index contributed by atoms with van der Waals surface area (Å²) in [6, 6.07) is 14.0. The predicted octanol–water partition coefficient (Wildman–Crippen LogP) is 5.29. The molecule has 0 fully saturated rings. The summed E-state index contributed by atoms with van der Waals surface area (Å²) >= 11 is 12.0. The standard InChI is InChI=1S/C20H15Cl2NO6S/c1-28-14-5-8-17(19(11-14)29-18-9-4-13(21)10-16(18)22)23-30(26,27)15-6-2-12(3-7-15)20(24)25/h2-11,23H,1H3,(H,24,25). The minimum Gasteiger partial charge on any atom is -0.497 e. The van der Waals surface area contributed by atoms with Gasteiger partial charge in [-0.3, -0.25) is 4.72 Å². The Balaban J connectivity index is 1.95. The first kappa shape index (κ1) is 21.8. The number of carboxylic acid groups (broad SMARTS) is 1. The molecule has 3 aromatic carbocycles. The lowest BCUT2D eigenvalue weighted by molar-refractivity contribution is 0.0696. The Kier molecular flexibility index (Phi) is 6.40. The van der Waals surface area contributed by atoms with Crippen LogP contribution in [0.15, 0.2) is 65.6 Å². The number of halogens is 2. The highest BCUT2D eigenvalue weighted by Gasteiger charge is 2.19. The van der Waals surface area contributed by atoms with Gasteiger partial charge in [0.1, 0.15) is 11.5 Å². The second-order valence-electron chi connectivity index (χ2n) is 5.97. The summed E-state index contributed by atoms with van der Waals surface area (Å²) in [5, 5.41) is 9.63. The monoisotopic (exact) mass is 467 g/mol. The molecule has 0 amide bonds. The molecule has 7 nitrogen and oxygen atoms in total. The van der Waals surface area contributed by atoms with Crippen LogP contribution in [0.3, 0.4) is 0 Å². The lowest BCUT2D eigenvalue weighted by Gasteiger charge is -2.15. The maximum Gasteiger partial charge on any atom is 0.335 e. The molecule has 30 heavy (non-hydrogen) atoms. The molecular weight excluding hydrogens is 453 g/mol. The van der Waals surface area contributed by atoms with Gasteiger partial charge >= 0.3 is 5.97 Å². The Labute approximate surface area is 182 Å². The topological polar surface area (TPSA) is 102 Å². The molecule has 0 bridgehead atoms. The first-order chi connectivity index (χ1) is 14.2. The van der Waals surface area contributed by atoms with E-state index in [2.05, 4.69) is 4.72 Å². The number of ether oxygens (including phenoxy) is 2. The second kappa shape index (κ2) is 8.83. The average molecular weight is 468 g/mol. The Morgan fingerprint density at radius 1 is 0.967 bits per heavy atom. The molecular formula is C20H15Cl2NO6S. The van der Waals surface area contributed by atoms with Crippen molar-refractivity contribution in [2.75, 3.05) is 11.8 Å². The number of benzene rings is 3. The van der Waals surface area contributed by atoms with Crippen LogP contribution in [-0.2, 0) is 10.0 Å². The lowest BCUT2D eigenvalue weighted by atomic mass is 10.2. The number of carbonyl (C=O) groups is 1. The normalized spacial score (nSPS) is 11.0. The van der Waals surface area contributed by atoms with E-state index in [4.69, 9.17) is 37.8 Å². The van der Waals surface area contributed by atoms with Gasteiger partial charge in [-0.1, -0.05) is 23.2 Å². The fourth-order valence-corrected chi connectivity index (χ4v) is 3.97. The van der Waals surface area contributed by atoms with Gasteiger partial charge in [-0.2, -0.15) is 0 Å². The first-order valence-corrected chi connectivity index (χ1v) is 10.6. The minimum absolute atomic E-state index is 0.0280. The minimum atomic E-state index is -4.02.